The Morgan fingerprint density at radius 1 is 1.15 bits per heavy atom. The molecule has 1 saturated heterocycles. The molecule has 1 atom stereocenters. The summed E-state index contributed by atoms with van der Waals surface area (Å²) in [6, 6.07) is 8.57. The van der Waals surface area contributed by atoms with Crippen LogP contribution in [0, 0.1) is 10.2 Å². The largest absolute Gasteiger partial charge is 0.440 e. The van der Waals surface area contributed by atoms with Gasteiger partial charge in [-0.2, -0.15) is 0 Å². The molecule has 2 saturated carbocycles. The van der Waals surface area contributed by atoms with Gasteiger partial charge in [-0.3, -0.25) is 4.79 Å². The summed E-state index contributed by atoms with van der Waals surface area (Å²) in [5, 5.41) is 3.72. The van der Waals surface area contributed by atoms with E-state index in [1.165, 1.54) is 12.1 Å². The summed E-state index contributed by atoms with van der Waals surface area (Å²) in [7, 11) is -3.17. The lowest BCUT2D eigenvalue weighted by atomic mass is 9.50. The second kappa shape index (κ2) is 7.58. The lowest BCUT2D eigenvalue weighted by Crippen LogP contribution is -2.55. The highest BCUT2D eigenvalue weighted by Crippen LogP contribution is 2.61. The first kappa shape index (κ1) is 21.2. The summed E-state index contributed by atoms with van der Waals surface area (Å²) in [5.74, 6) is 0.868. The summed E-state index contributed by atoms with van der Waals surface area (Å²) < 4.78 is 34.1. The fourth-order valence-electron chi connectivity index (χ4n) is 5.59. The minimum absolute atomic E-state index is 0.0566. The Bertz CT molecular complexity index is 1330. The summed E-state index contributed by atoms with van der Waals surface area (Å²) in [6.45, 7) is 1.24. The lowest BCUT2D eigenvalue weighted by molar-refractivity contribution is -0.0256. The molecule has 174 valence electrons. The number of carbonyl (C=O) groups excluding carboxylic acids is 1. The summed E-state index contributed by atoms with van der Waals surface area (Å²) >= 11 is 6.04. The van der Waals surface area contributed by atoms with Crippen molar-refractivity contribution >= 4 is 38.5 Å². The van der Waals surface area contributed by atoms with E-state index < -0.39 is 9.92 Å². The van der Waals surface area contributed by atoms with E-state index in [0.29, 0.717) is 24.0 Å². The lowest BCUT2D eigenvalue weighted by Gasteiger charge is -2.57. The Hall–Kier alpha value is -2.36. The zero-order valence-corrected chi connectivity index (χ0v) is 19.6. The quantitative estimate of drug-likeness (QED) is 0.527. The van der Waals surface area contributed by atoms with Gasteiger partial charge in [0.2, 0.25) is 5.09 Å². The Balaban J connectivity index is 1.03. The molecule has 3 heterocycles. The third kappa shape index (κ3) is 3.66. The molecule has 3 fully saturated rings. The monoisotopic (exact) mass is 488 g/mol. The normalized spacial score (nSPS) is 29.0. The molecular formula is C23H25ClN4O4S. The number of rotatable bonds is 5. The molecular weight excluding hydrogens is 464 g/mol. The number of hydrogen-bond acceptors (Lipinski definition) is 6. The predicted octanol–water partition coefficient (Wildman–Crippen LogP) is 4.95. The van der Waals surface area contributed by atoms with Gasteiger partial charge in [0, 0.05) is 30.1 Å². The van der Waals surface area contributed by atoms with Crippen molar-refractivity contribution in [1.82, 2.24) is 14.6 Å². The molecule has 2 aromatic heterocycles. The second-order valence-electron chi connectivity index (χ2n) is 9.63. The van der Waals surface area contributed by atoms with Gasteiger partial charge in [0.05, 0.1) is 0 Å². The van der Waals surface area contributed by atoms with Crippen LogP contribution in [0.25, 0.3) is 11.1 Å². The SMILES string of the molecule is N=S(=O)(c1ccc(C(=O)NC2CC3(C2)CC(c2nc4cc(Cl)ccc4o2)C3)o1)N1CCCC1. The maximum atomic E-state index is 12.8. The van der Waals surface area contributed by atoms with Gasteiger partial charge in [0.25, 0.3) is 5.91 Å². The average Bonchev–Trinajstić information content (AvgIpc) is 3.48. The van der Waals surface area contributed by atoms with E-state index in [1.54, 1.807) is 10.4 Å². The molecule has 3 aliphatic rings. The molecule has 6 rings (SSSR count). The van der Waals surface area contributed by atoms with Crippen molar-refractivity contribution in [2.45, 2.75) is 55.6 Å². The molecule has 10 heteroatoms. The maximum absolute atomic E-state index is 12.8. The predicted molar refractivity (Wildman–Crippen MR) is 123 cm³/mol. The molecule has 2 aliphatic carbocycles. The first-order valence-electron chi connectivity index (χ1n) is 11.3. The van der Waals surface area contributed by atoms with Crippen molar-refractivity contribution in [3.63, 3.8) is 0 Å². The van der Waals surface area contributed by atoms with E-state index in [1.807, 2.05) is 12.1 Å². The van der Waals surface area contributed by atoms with E-state index in [9.17, 15) is 9.00 Å². The molecule has 0 bridgehead atoms. The number of benzene rings is 1. The van der Waals surface area contributed by atoms with Crippen LogP contribution >= 0.6 is 11.6 Å². The van der Waals surface area contributed by atoms with Crippen LogP contribution < -0.4 is 5.32 Å². The van der Waals surface area contributed by atoms with Gasteiger partial charge >= 0.3 is 0 Å². The van der Waals surface area contributed by atoms with Crippen LogP contribution in [0.1, 0.15) is 60.9 Å². The molecule has 2 N–H and O–H groups in total. The van der Waals surface area contributed by atoms with Gasteiger partial charge in [0.1, 0.15) is 5.52 Å². The molecule has 1 spiro atoms. The van der Waals surface area contributed by atoms with Crippen molar-refractivity contribution in [3.8, 4) is 0 Å². The van der Waals surface area contributed by atoms with Crippen molar-refractivity contribution in [2.24, 2.45) is 5.41 Å². The summed E-state index contributed by atoms with van der Waals surface area (Å²) in [4.78, 5) is 17.2. The van der Waals surface area contributed by atoms with E-state index >= 15 is 0 Å². The number of hydrogen-bond donors (Lipinski definition) is 2. The van der Waals surface area contributed by atoms with Crippen LogP contribution in [0.2, 0.25) is 5.02 Å². The highest BCUT2D eigenvalue weighted by atomic mass is 35.5. The van der Waals surface area contributed by atoms with Crippen molar-refractivity contribution < 1.29 is 17.8 Å². The molecule has 8 nitrogen and oxygen atoms in total. The number of nitrogens with zero attached hydrogens (tertiary/aromatic N) is 2. The number of oxazole rings is 1. The van der Waals surface area contributed by atoms with Crippen molar-refractivity contribution in [3.05, 3.63) is 47.0 Å². The number of nitrogens with one attached hydrogen (secondary N) is 2. The van der Waals surface area contributed by atoms with Crippen LogP contribution in [0.3, 0.4) is 0 Å². The first-order valence-corrected chi connectivity index (χ1v) is 13.2. The third-order valence-corrected chi connectivity index (χ3v) is 9.37. The molecule has 0 radical (unpaired) electrons. The number of aromatic nitrogens is 1. The topological polar surface area (TPSA) is 112 Å². The molecule has 1 amide bonds. The van der Waals surface area contributed by atoms with E-state index in [4.69, 9.17) is 25.2 Å². The van der Waals surface area contributed by atoms with Crippen LogP contribution in [-0.2, 0) is 9.92 Å². The Morgan fingerprint density at radius 2 is 1.91 bits per heavy atom. The number of halogens is 1. The average molecular weight is 489 g/mol. The minimum Gasteiger partial charge on any atom is -0.440 e. The van der Waals surface area contributed by atoms with E-state index in [0.717, 1.165) is 55.5 Å². The van der Waals surface area contributed by atoms with Crippen LogP contribution in [0.15, 0.2) is 44.3 Å². The first-order chi connectivity index (χ1) is 15.8. The molecule has 1 aromatic carbocycles. The highest BCUT2D eigenvalue weighted by Gasteiger charge is 2.54. The highest BCUT2D eigenvalue weighted by molar-refractivity contribution is 7.90. The van der Waals surface area contributed by atoms with Gasteiger partial charge in [-0.25, -0.2) is 18.3 Å². The van der Waals surface area contributed by atoms with Crippen molar-refractivity contribution in [2.75, 3.05) is 13.1 Å². The van der Waals surface area contributed by atoms with Gasteiger partial charge in [0.15, 0.2) is 27.1 Å². The zero-order chi connectivity index (χ0) is 22.8. The van der Waals surface area contributed by atoms with E-state index in [-0.39, 0.29) is 28.2 Å². The van der Waals surface area contributed by atoms with Gasteiger partial charge in [-0.1, -0.05) is 11.6 Å². The zero-order valence-electron chi connectivity index (χ0n) is 18.0. The van der Waals surface area contributed by atoms with Crippen LogP contribution in [0.4, 0.5) is 0 Å². The standard InChI is InChI=1S/C23H25ClN4O4S/c24-15-3-4-18-17(9-15)27-22(32-18)14-10-23(11-14)12-16(13-23)26-21(29)19-5-6-20(31-19)33(25,30)28-7-1-2-8-28/h3-6,9,14,16,25H,1-2,7-8,10-13H2,(H,26,29). The smallest absolute Gasteiger partial charge is 0.287 e. The summed E-state index contributed by atoms with van der Waals surface area (Å²) in [5.41, 5.74) is 1.78. The fraction of sp³-hybridized carbons (Fsp3) is 0.478. The Morgan fingerprint density at radius 3 is 2.67 bits per heavy atom. The molecule has 1 aliphatic heterocycles. The van der Waals surface area contributed by atoms with Gasteiger partial charge in [-0.15, -0.1) is 0 Å². The summed E-state index contributed by atoms with van der Waals surface area (Å²) in [6.07, 6.45) is 5.68. The van der Waals surface area contributed by atoms with Crippen LogP contribution in [-0.4, -0.2) is 38.5 Å². The number of furan rings is 1. The van der Waals surface area contributed by atoms with E-state index in [2.05, 4.69) is 10.3 Å². The Kier molecular flexibility index (Phi) is 4.87. The van der Waals surface area contributed by atoms with Gasteiger partial charge in [-0.05, 0) is 74.3 Å². The maximum Gasteiger partial charge on any atom is 0.287 e. The van der Waals surface area contributed by atoms with Crippen LogP contribution in [0.5, 0.6) is 0 Å². The Labute approximate surface area is 196 Å². The van der Waals surface area contributed by atoms with Crippen molar-refractivity contribution in [1.29, 1.82) is 4.78 Å². The number of carbonyl (C=O) groups is 1. The molecule has 1 unspecified atom stereocenters. The minimum atomic E-state index is -3.17. The number of fused-ring (bicyclic) bond motifs is 1. The fourth-order valence-corrected chi connectivity index (χ4v) is 7.24. The second-order valence-corrected chi connectivity index (χ2v) is 12.0. The number of amides is 1. The molecule has 3 aromatic rings. The molecule has 33 heavy (non-hydrogen) atoms. The third-order valence-electron chi connectivity index (χ3n) is 7.27. The van der Waals surface area contributed by atoms with Gasteiger partial charge < -0.3 is 14.2 Å².